The molecule has 0 bridgehead atoms. The van der Waals surface area contributed by atoms with Crippen molar-refractivity contribution in [3.63, 3.8) is 0 Å². The zero-order chi connectivity index (χ0) is 18.2. The van der Waals surface area contributed by atoms with Crippen LogP contribution >= 0.6 is 23.1 Å². The SMILES string of the molecule is CCc1ccc(CCC(=O)Nc2nnc(SCc3ccccc3)s2)cc1. The van der Waals surface area contributed by atoms with E-state index in [9.17, 15) is 4.79 Å². The summed E-state index contributed by atoms with van der Waals surface area (Å²) in [5.74, 6) is 0.817. The van der Waals surface area contributed by atoms with Gasteiger partial charge in [0.2, 0.25) is 11.0 Å². The topological polar surface area (TPSA) is 54.9 Å². The van der Waals surface area contributed by atoms with Crippen LogP contribution < -0.4 is 5.32 Å². The van der Waals surface area contributed by atoms with Crippen molar-refractivity contribution in [1.29, 1.82) is 0 Å². The minimum absolute atomic E-state index is 0.0275. The average molecular weight is 384 g/mol. The van der Waals surface area contributed by atoms with Crippen LogP contribution in [0.15, 0.2) is 58.9 Å². The maximum atomic E-state index is 12.1. The first kappa shape index (κ1) is 18.6. The molecule has 0 saturated heterocycles. The van der Waals surface area contributed by atoms with Gasteiger partial charge in [0, 0.05) is 12.2 Å². The van der Waals surface area contributed by atoms with Crippen LogP contribution in [0.2, 0.25) is 0 Å². The lowest BCUT2D eigenvalue weighted by Gasteiger charge is -2.03. The molecule has 0 aliphatic carbocycles. The van der Waals surface area contributed by atoms with Crippen LogP contribution in [0.1, 0.15) is 30.0 Å². The third-order valence-corrected chi connectivity index (χ3v) is 5.97. The van der Waals surface area contributed by atoms with E-state index in [1.165, 1.54) is 28.0 Å². The van der Waals surface area contributed by atoms with Gasteiger partial charge in [-0.25, -0.2) is 0 Å². The second-order valence-corrected chi connectivity index (χ2v) is 8.07. The Morgan fingerprint density at radius 1 is 1.00 bits per heavy atom. The number of nitrogens with zero attached hydrogens (tertiary/aromatic N) is 2. The van der Waals surface area contributed by atoms with E-state index in [2.05, 4.69) is 58.8 Å². The molecule has 0 aliphatic heterocycles. The van der Waals surface area contributed by atoms with Crippen molar-refractivity contribution in [2.75, 3.05) is 5.32 Å². The highest BCUT2D eigenvalue weighted by atomic mass is 32.2. The van der Waals surface area contributed by atoms with Gasteiger partial charge >= 0.3 is 0 Å². The number of amides is 1. The molecule has 0 atom stereocenters. The highest BCUT2D eigenvalue weighted by molar-refractivity contribution is 8.00. The molecule has 0 saturated carbocycles. The Kier molecular flexibility index (Phi) is 6.80. The van der Waals surface area contributed by atoms with Gasteiger partial charge < -0.3 is 5.32 Å². The molecule has 2 aromatic carbocycles. The van der Waals surface area contributed by atoms with Crippen molar-refractivity contribution in [2.45, 2.75) is 36.3 Å². The lowest BCUT2D eigenvalue weighted by molar-refractivity contribution is -0.116. The smallest absolute Gasteiger partial charge is 0.226 e. The lowest BCUT2D eigenvalue weighted by atomic mass is 10.1. The molecule has 1 amide bonds. The molecule has 0 radical (unpaired) electrons. The van der Waals surface area contributed by atoms with Crippen LogP contribution in [0.25, 0.3) is 0 Å². The summed E-state index contributed by atoms with van der Waals surface area (Å²) in [6, 6.07) is 18.7. The summed E-state index contributed by atoms with van der Waals surface area (Å²) in [5.41, 5.74) is 3.73. The number of hydrogen-bond donors (Lipinski definition) is 1. The van der Waals surface area contributed by atoms with Gasteiger partial charge in [0.05, 0.1) is 0 Å². The molecule has 1 heterocycles. The van der Waals surface area contributed by atoms with Crippen LogP contribution in [0.3, 0.4) is 0 Å². The molecular formula is C20H21N3OS2. The first-order chi connectivity index (χ1) is 12.7. The first-order valence-electron chi connectivity index (χ1n) is 8.61. The zero-order valence-corrected chi connectivity index (χ0v) is 16.3. The second-order valence-electron chi connectivity index (χ2n) is 5.87. The van der Waals surface area contributed by atoms with Crippen molar-refractivity contribution in [3.05, 3.63) is 71.3 Å². The Hall–Kier alpha value is -2.18. The zero-order valence-electron chi connectivity index (χ0n) is 14.6. The number of thioether (sulfide) groups is 1. The van der Waals surface area contributed by atoms with Crippen molar-refractivity contribution >= 4 is 34.1 Å². The highest BCUT2D eigenvalue weighted by Crippen LogP contribution is 2.28. The number of rotatable bonds is 8. The van der Waals surface area contributed by atoms with Gasteiger partial charge in [0.25, 0.3) is 0 Å². The Labute approximate surface area is 162 Å². The quantitative estimate of drug-likeness (QED) is 0.441. The number of hydrogen-bond acceptors (Lipinski definition) is 5. The number of anilines is 1. The maximum Gasteiger partial charge on any atom is 0.226 e. The number of carbonyl (C=O) groups is 1. The molecule has 4 nitrogen and oxygen atoms in total. The monoisotopic (exact) mass is 383 g/mol. The van der Waals surface area contributed by atoms with Gasteiger partial charge in [0.1, 0.15) is 0 Å². The fourth-order valence-electron chi connectivity index (χ4n) is 2.42. The summed E-state index contributed by atoms with van der Waals surface area (Å²) in [4.78, 5) is 12.1. The maximum absolute atomic E-state index is 12.1. The van der Waals surface area contributed by atoms with Crippen molar-refractivity contribution in [2.24, 2.45) is 0 Å². The van der Waals surface area contributed by atoms with Crippen LogP contribution in [-0.4, -0.2) is 16.1 Å². The van der Waals surface area contributed by atoms with Crippen LogP contribution in [0.5, 0.6) is 0 Å². The van der Waals surface area contributed by atoms with Crippen LogP contribution in [-0.2, 0) is 23.4 Å². The Morgan fingerprint density at radius 2 is 1.73 bits per heavy atom. The number of aromatic nitrogens is 2. The predicted octanol–water partition coefficient (Wildman–Crippen LogP) is 4.96. The normalized spacial score (nSPS) is 10.7. The lowest BCUT2D eigenvalue weighted by Crippen LogP contribution is -2.12. The summed E-state index contributed by atoms with van der Waals surface area (Å²) < 4.78 is 0.860. The van der Waals surface area contributed by atoms with E-state index in [0.29, 0.717) is 11.6 Å². The number of carbonyl (C=O) groups excluding carboxylic acids is 1. The molecule has 3 rings (SSSR count). The molecule has 1 N–H and O–H groups in total. The third kappa shape index (κ3) is 5.68. The summed E-state index contributed by atoms with van der Waals surface area (Å²) in [7, 11) is 0. The summed E-state index contributed by atoms with van der Waals surface area (Å²) >= 11 is 3.04. The van der Waals surface area contributed by atoms with Gasteiger partial charge in [-0.05, 0) is 29.5 Å². The van der Waals surface area contributed by atoms with Gasteiger partial charge in [-0.3, -0.25) is 4.79 Å². The van der Waals surface area contributed by atoms with E-state index in [0.717, 1.165) is 22.9 Å². The molecule has 134 valence electrons. The van der Waals surface area contributed by atoms with Crippen molar-refractivity contribution in [3.8, 4) is 0 Å². The highest BCUT2D eigenvalue weighted by Gasteiger charge is 2.09. The summed E-state index contributed by atoms with van der Waals surface area (Å²) in [6.45, 7) is 2.14. The fourth-order valence-corrected chi connectivity index (χ4v) is 4.14. The van der Waals surface area contributed by atoms with Crippen LogP contribution in [0.4, 0.5) is 5.13 Å². The molecular weight excluding hydrogens is 362 g/mol. The van der Waals surface area contributed by atoms with E-state index < -0.39 is 0 Å². The molecule has 3 aromatic rings. The minimum atomic E-state index is -0.0275. The molecule has 0 unspecified atom stereocenters. The molecule has 0 fully saturated rings. The molecule has 1 aromatic heterocycles. The molecule has 6 heteroatoms. The van der Waals surface area contributed by atoms with Gasteiger partial charge in [0.15, 0.2) is 4.34 Å². The van der Waals surface area contributed by atoms with E-state index in [1.54, 1.807) is 11.8 Å². The number of benzene rings is 2. The summed E-state index contributed by atoms with van der Waals surface area (Å²) in [5, 5.41) is 11.6. The van der Waals surface area contributed by atoms with Gasteiger partial charge in [-0.15, -0.1) is 10.2 Å². The molecule has 0 aliphatic rings. The first-order valence-corrected chi connectivity index (χ1v) is 10.4. The Balaban J connectivity index is 1.44. The minimum Gasteiger partial charge on any atom is -0.300 e. The number of nitrogens with one attached hydrogen (secondary N) is 1. The third-order valence-electron chi connectivity index (χ3n) is 3.93. The molecule has 0 spiro atoms. The fraction of sp³-hybridized carbons (Fsp3) is 0.250. The van der Waals surface area contributed by atoms with E-state index in [-0.39, 0.29) is 5.91 Å². The largest absolute Gasteiger partial charge is 0.300 e. The van der Waals surface area contributed by atoms with E-state index in [1.807, 2.05) is 18.2 Å². The average Bonchev–Trinajstić information content (AvgIpc) is 3.13. The van der Waals surface area contributed by atoms with Crippen molar-refractivity contribution < 1.29 is 4.79 Å². The van der Waals surface area contributed by atoms with E-state index in [4.69, 9.17) is 0 Å². The predicted molar refractivity (Wildman–Crippen MR) is 109 cm³/mol. The second kappa shape index (κ2) is 9.50. The van der Waals surface area contributed by atoms with Gasteiger partial charge in [-0.2, -0.15) is 0 Å². The Morgan fingerprint density at radius 3 is 2.46 bits per heavy atom. The van der Waals surface area contributed by atoms with E-state index >= 15 is 0 Å². The Bertz CT molecular complexity index is 832. The van der Waals surface area contributed by atoms with Crippen molar-refractivity contribution in [1.82, 2.24) is 10.2 Å². The van der Waals surface area contributed by atoms with Crippen LogP contribution in [0, 0.1) is 0 Å². The summed E-state index contributed by atoms with van der Waals surface area (Å²) in [6.07, 6.45) is 2.20. The number of aryl methyl sites for hydroxylation is 2. The van der Waals surface area contributed by atoms with Gasteiger partial charge in [-0.1, -0.05) is 84.6 Å². The molecule has 26 heavy (non-hydrogen) atoms. The standard InChI is InChI=1S/C20H21N3OS2/c1-2-15-8-10-16(11-9-15)12-13-18(24)21-19-22-23-20(26-19)25-14-17-6-4-3-5-7-17/h3-11H,2,12-14H2,1H3,(H,21,22,24).